The molecule has 0 saturated carbocycles. The summed E-state index contributed by atoms with van der Waals surface area (Å²) >= 11 is 0. The fourth-order valence-electron chi connectivity index (χ4n) is 2.14. The molecule has 1 unspecified atom stereocenters. The molecule has 0 aromatic heterocycles. The summed E-state index contributed by atoms with van der Waals surface area (Å²) in [6.45, 7) is 1.26. The maximum atomic E-state index is 12.5. The van der Waals surface area contributed by atoms with Crippen molar-refractivity contribution in [2.45, 2.75) is 12.1 Å². The fourth-order valence-corrected chi connectivity index (χ4v) is 2.14. The number of carbonyl (C=O) groups is 1. The molecule has 2 rings (SSSR count). The third-order valence-electron chi connectivity index (χ3n) is 3.22. The molecule has 1 fully saturated rings. The first kappa shape index (κ1) is 14.6. The van der Waals surface area contributed by atoms with Crippen molar-refractivity contribution in [3.05, 3.63) is 35.4 Å². The zero-order chi connectivity index (χ0) is 14.8. The van der Waals surface area contributed by atoms with E-state index in [9.17, 15) is 18.0 Å². The second-order valence-corrected chi connectivity index (χ2v) is 4.63. The minimum Gasteiger partial charge on any atom is -0.449 e. The van der Waals surface area contributed by atoms with Crippen LogP contribution in [0.25, 0.3) is 0 Å². The number of rotatable bonds is 3. The van der Waals surface area contributed by atoms with E-state index < -0.39 is 17.8 Å². The predicted molar refractivity (Wildman–Crippen MR) is 66.2 cm³/mol. The summed E-state index contributed by atoms with van der Waals surface area (Å²) in [5.41, 5.74) is 5.43. The molecule has 1 aliphatic rings. The molecule has 1 atom stereocenters. The molecule has 1 aromatic carbocycles. The van der Waals surface area contributed by atoms with E-state index in [0.717, 1.165) is 12.1 Å². The topological polar surface area (TPSA) is 55.6 Å². The smallest absolute Gasteiger partial charge is 0.416 e. The molecule has 0 radical (unpaired) electrons. The first-order valence-corrected chi connectivity index (χ1v) is 6.20. The molecular weight excluding hydrogens is 273 g/mol. The fraction of sp³-hybridized carbons (Fsp3) is 0.462. The van der Waals surface area contributed by atoms with Gasteiger partial charge in [0.05, 0.1) is 5.56 Å². The molecular formula is C13H15F3N2O2. The highest BCUT2D eigenvalue weighted by atomic mass is 19.4. The van der Waals surface area contributed by atoms with Crippen molar-refractivity contribution in [3.8, 4) is 0 Å². The highest BCUT2D eigenvalue weighted by Gasteiger charge is 2.31. The summed E-state index contributed by atoms with van der Waals surface area (Å²) in [5, 5.41) is 0. The largest absolute Gasteiger partial charge is 0.449 e. The van der Waals surface area contributed by atoms with Crippen molar-refractivity contribution in [3.63, 3.8) is 0 Å². The molecule has 1 saturated heterocycles. The number of carbonyl (C=O) groups excluding carboxylic acids is 1. The minimum absolute atomic E-state index is 0.137. The van der Waals surface area contributed by atoms with Crippen LogP contribution in [0.2, 0.25) is 0 Å². The Balaban J connectivity index is 2.10. The number of cyclic esters (lactones) is 1. The summed E-state index contributed by atoms with van der Waals surface area (Å²) in [6, 6.07) is 4.93. The Labute approximate surface area is 114 Å². The van der Waals surface area contributed by atoms with Crippen LogP contribution in [-0.4, -0.2) is 37.2 Å². The van der Waals surface area contributed by atoms with E-state index in [2.05, 4.69) is 0 Å². The van der Waals surface area contributed by atoms with Gasteiger partial charge in [-0.15, -0.1) is 0 Å². The third-order valence-corrected chi connectivity index (χ3v) is 3.22. The van der Waals surface area contributed by atoms with Gasteiger partial charge in [-0.2, -0.15) is 13.2 Å². The Morgan fingerprint density at radius 1 is 1.30 bits per heavy atom. The van der Waals surface area contributed by atoms with Crippen LogP contribution < -0.4 is 5.73 Å². The number of halogens is 3. The molecule has 7 heteroatoms. The molecule has 2 N–H and O–H groups in total. The molecule has 1 heterocycles. The average molecular weight is 288 g/mol. The van der Waals surface area contributed by atoms with Crippen LogP contribution in [0, 0.1) is 0 Å². The van der Waals surface area contributed by atoms with Crippen molar-refractivity contribution < 1.29 is 22.7 Å². The van der Waals surface area contributed by atoms with Crippen LogP contribution in [0.3, 0.4) is 0 Å². The van der Waals surface area contributed by atoms with Crippen LogP contribution in [0.1, 0.15) is 17.0 Å². The van der Waals surface area contributed by atoms with Crippen molar-refractivity contribution in [1.29, 1.82) is 0 Å². The van der Waals surface area contributed by atoms with E-state index in [1.54, 1.807) is 0 Å². The maximum absolute atomic E-state index is 12.5. The molecule has 0 bridgehead atoms. The Hall–Kier alpha value is -1.76. The highest BCUT2D eigenvalue weighted by Crippen LogP contribution is 2.31. The molecule has 4 nitrogen and oxygen atoms in total. The van der Waals surface area contributed by atoms with Crippen LogP contribution >= 0.6 is 0 Å². The van der Waals surface area contributed by atoms with Crippen molar-refractivity contribution in [1.82, 2.24) is 4.90 Å². The summed E-state index contributed by atoms with van der Waals surface area (Å²) in [6.07, 6.45) is -4.78. The monoisotopic (exact) mass is 288 g/mol. The second-order valence-electron chi connectivity index (χ2n) is 4.63. The zero-order valence-electron chi connectivity index (χ0n) is 10.7. The zero-order valence-corrected chi connectivity index (χ0v) is 10.7. The van der Waals surface area contributed by atoms with Gasteiger partial charge in [0.1, 0.15) is 6.61 Å². The van der Waals surface area contributed by atoms with Gasteiger partial charge >= 0.3 is 12.3 Å². The van der Waals surface area contributed by atoms with Crippen LogP contribution in [0.5, 0.6) is 0 Å². The van der Waals surface area contributed by atoms with Gasteiger partial charge in [0, 0.05) is 25.6 Å². The molecule has 1 aliphatic heterocycles. The van der Waals surface area contributed by atoms with E-state index in [1.165, 1.54) is 17.0 Å². The van der Waals surface area contributed by atoms with Crippen LogP contribution in [-0.2, 0) is 10.9 Å². The maximum Gasteiger partial charge on any atom is 0.416 e. The highest BCUT2D eigenvalue weighted by molar-refractivity contribution is 5.68. The first-order valence-electron chi connectivity index (χ1n) is 6.20. The normalized spacial score (nSPS) is 19.9. The third kappa shape index (κ3) is 3.22. The lowest BCUT2D eigenvalue weighted by Crippen LogP contribution is -2.44. The van der Waals surface area contributed by atoms with Crippen molar-refractivity contribution in [2.75, 3.05) is 26.2 Å². The number of nitrogens with zero attached hydrogens (tertiary/aromatic N) is 1. The lowest BCUT2D eigenvalue weighted by molar-refractivity contribution is -0.137. The number of ether oxygens (including phenoxy) is 1. The summed E-state index contributed by atoms with van der Waals surface area (Å²) in [5.74, 6) is -0.137. The first-order chi connectivity index (χ1) is 9.41. The van der Waals surface area contributed by atoms with E-state index in [-0.39, 0.29) is 12.5 Å². The van der Waals surface area contributed by atoms with Gasteiger partial charge in [-0.3, -0.25) is 0 Å². The van der Waals surface area contributed by atoms with Gasteiger partial charge < -0.3 is 15.4 Å². The van der Waals surface area contributed by atoms with Crippen LogP contribution in [0.4, 0.5) is 18.0 Å². The lowest BCUT2D eigenvalue weighted by Gasteiger charge is -2.32. The Bertz CT molecular complexity index is 473. The number of benzene rings is 1. The van der Waals surface area contributed by atoms with Gasteiger partial charge in [0.2, 0.25) is 0 Å². The van der Waals surface area contributed by atoms with E-state index in [0.29, 0.717) is 25.2 Å². The molecule has 1 amide bonds. The van der Waals surface area contributed by atoms with Crippen LogP contribution in [0.15, 0.2) is 24.3 Å². The SMILES string of the molecule is NCCN1CC(c2ccc(C(F)(F)F)cc2)COC1=O. The Morgan fingerprint density at radius 2 is 1.95 bits per heavy atom. The Morgan fingerprint density at radius 3 is 2.50 bits per heavy atom. The van der Waals surface area contributed by atoms with E-state index in [4.69, 9.17) is 10.5 Å². The number of amides is 1. The molecule has 20 heavy (non-hydrogen) atoms. The Kier molecular flexibility index (Phi) is 4.17. The van der Waals surface area contributed by atoms with Crippen molar-refractivity contribution in [2.24, 2.45) is 5.73 Å². The number of nitrogens with two attached hydrogens (primary N) is 1. The van der Waals surface area contributed by atoms with E-state index in [1.807, 2.05) is 0 Å². The van der Waals surface area contributed by atoms with Gasteiger partial charge in [-0.1, -0.05) is 12.1 Å². The van der Waals surface area contributed by atoms with Crippen molar-refractivity contribution >= 4 is 6.09 Å². The predicted octanol–water partition coefficient (Wildman–Crippen LogP) is 2.20. The standard InChI is InChI=1S/C13H15F3N2O2/c14-13(15,16)11-3-1-9(2-4-11)10-7-18(6-5-17)12(19)20-8-10/h1-4,10H,5-8,17H2. The molecule has 0 spiro atoms. The average Bonchev–Trinajstić information content (AvgIpc) is 2.41. The molecule has 0 aliphatic carbocycles. The summed E-state index contributed by atoms with van der Waals surface area (Å²) in [7, 11) is 0. The number of hydrogen-bond acceptors (Lipinski definition) is 3. The number of alkyl halides is 3. The summed E-state index contributed by atoms with van der Waals surface area (Å²) < 4.78 is 42.5. The lowest BCUT2D eigenvalue weighted by atomic mass is 9.97. The van der Waals surface area contributed by atoms with Gasteiger partial charge in [0.15, 0.2) is 0 Å². The second kappa shape index (κ2) is 5.70. The number of hydrogen-bond donors (Lipinski definition) is 1. The van der Waals surface area contributed by atoms with Gasteiger partial charge in [-0.05, 0) is 17.7 Å². The van der Waals surface area contributed by atoms with Gasteiger partial charge in [0.25, 0.3) is 0 Å². The summed E-state index contributed by atoms with van der Waals surface area (Å²) in [4.78, 5) is 12.9. The quantitative estimate of drug-likeness (QED) is 0.927. The minimum atomic E-state index is -4.34. The van der Waals surface area contributed by atoms with E-state index >= 15 is 0 Å². The molecule has 1 aromatic rings. The van der Waals surface area contributed by atoms with Gasteiger partial charge in [-0.25, -0.2) is 4.79 Å². The molecule has 110 valence electrons.